The van der Waals surface area contributed by atoms with E-state index in [9.17, 15) is 0 Å². The van der Waals surface area contributed by atoms with Crippen molar-refractivity contribution in [3.8, 4) is 0 Å². The first-order valence-electron chi connectivity index (χ1n) is 5.90. The lowest BCUT2D eigenvalue weighted by Crippen LogP contribution is -2.18. The molecule has 0 aromatic carbocycles. The summed E-state index contributed by atoms with van der Waals surface area (Å²) in [4.78, 5) is 0. The second-order valence-electron chi connectivity index (χ2n) is 4.75. The first-order valence-corrected chi connectivity index (χ1v) is 5.90. The monoisotopic (exact) mass is 208 g/mol. The Kier molecular flexibility index (Phi) is 3.41. The van der Waals surface area contributed by atoms with Crippen molar-refractivity contribution in [3.63, 3.8) is 0 Å². The Bertz CT molecular complexity index is 300. The molecule has 1 unspecified atom stereocenters. The average molecular weight is 208 g/mol. The molecule has 1 atom stereocenters. The van der Waals surface area contributed by atoms with Crippen LogP contribution in [0, 0.1) is 5.92 Å². The molecule has 0 saturated carbocycles. The van der Waals surface area contributed by atoms with Gasteiger partial charge < -0.3 is 4.74 Å². The van der Waals surface area contributed by atoms with Gasteiger partial charge in [-0.1, -0.05) is 13.8 Å². The summed E-state index contributed by atoms with van der Waals surface area (Å²) in [7, 11) is 0. The molecule has 1 aliphatic heterocycles. The Morgan fingerprint density at radius 2 is 2.40 bits per heavy atom. The molecule has 0 N–H and O–H groups in total. The molecule has 1 aromatic rings. The van der Waals surface area contributed by atoms with Crippen molar-refractivity contribution in [1.29, 1.82) is 0 Å². The molecular weight excluding hydrogens is 188 g/mol. The molecule has 3 nitrogen and oxygen atoms in total. The van der Waals surface area contributed by atoms with Gasteiger partial charge in [-0.05, 0) is 37.2 Å². The third-order valence-electron chi connectivity index (χ3n) is 2.75. The van der Waals surface area contributed by atoms with Crippen molar-refractivity contribution in [2.24, 2.45) is 5.92 Å². The van der Waals surface area contributed by atoms with Gasteiger partial charge in [0.2, 0.25) is 0 Å². The highest BCUT2D eigenvalue weighted by Crippen LogP contribution is 2.22. The van der Waals surface area contributed by atoms with Crippen LogP contribution in [0.2, 0.25) is 0 Å². The molecule has 0 amide bonds. The fourth-order valence-corrected chi connectivity index (χ4v) is 2.04. The molecule has 2 rings (SSSR count). The van der Waals surface area contributed by atoms with Crippen LogP contribution in [0.5, 0.6) is 0 Å². The zero-order valence-corrected chi connectivity index (χ0v) is 9.65. The summed E-state index contributed by atoms with van der Waals surface area (Å²) in [6.07, 6.45) is 8.93. The van der Waals surface area contributed by atoms with Gasteiger partial charge in [-0.2, -0.15) is 5.10 Å². The lowest BCUT2D eigenvalue weighted by Gasteiger charge is -2.22. The van der Waals surface area contributed by atoms with Crippen molar-refractivity contribution in [3.05, 3.63) is 18.0 Å². The molecular formula is C12H20N2O. The first kappa shape index (κ1) is 10.7. The fourth-order valence-electron chi connectivity index (χ4n) is 2.04. The van der Waals surface area contributed by atoms with E-state index in [0.29, 0.717) is 5.92 Å². The van der Waals surface area contributed by atoms with Crippen molar-refractivity contribution in [2.75, 3.05) is 6.61 Å². The normalized spacial score (nSPS) is 22.2. The highest BCUT2D eigenvalue weighted by molar-refractivity contribution is 5.04. The maximum Gasteiger partial charge on any atom is 0.150 e. The minimum Gasteiger partial charge on any atom is -0.357 e. The molecule has 0 spiro atoms. The molecule has 0 aliphatic carbocycles. The Morgan fingerprint density at radius 3 is 3.07 bits per heavy atom. The maximum atomic E-state index is 5.68. The predicted octanol–water partition coefficient (Wildman–Crippen LogP) is 2.78. The first-order chi connectivity index (χ1) is 7.25. The number of ether oxygens (including phenoxy) is 1. The Balaban J connectivity index is 1.99. The van der Waals surface area contributed by atoms with Crippen LogP contribution in [-0.4, -0.2) is 16.4 Å². The van der Waals surface area contributed by atoms with Gasteiger partial charge in [0.05, 0.1) is 6.20 Å². The van der Waals surface area contributed by atoms with E-state index in [-0.39, 0.29) is 6.23 Å². The van der Waals surface area contributed by atoms with Crippen molar-refractivity contribution in [1.82, 2.24) is 9.78 Å². The molecule has 0 bridgehead atoms. The van der Waals surface area contributed by atoms with E-state index in [1.165, 1.54) is 18.4 Å². The summed E-state index contributed by atoms with van der Waals surface area (Å²) in [5, 5.41) is 4.38. The van der Waals surface area contributed by atoms with Gasteiger partial charge in [0.15, 0.2) is 0 Å². The van der Waals surface area contributed by atoms with Crippen molar-refractivity contribution in [2.45, 2.75) is 45.8 Å². The summed E-state index contributed by atoms with van der Waals surface area (Å²) in [5.74, 6) is 0.690. The average Bonchev–Trinajstić information content (AvgIpc) is 2.67. The Labute approximate surface area is 91.4 Å². The highest BCUT2D eigenvalue weighted by Gasteiger charge is 2.16. The summed E-state index contributed by atoms with van der Waals surface area (Å²) in [5.41, 5.74) is 1.32. The number of rotatable bonds is 3. The number of nitrogens with zero attached hydrogens (tertiary/aromatic N) is 2. The fraction of sp³-hybridized carbons (Fsp3) is 0.750. The van der Waals surface area contributed by atoms with E-state index in [0.717, 1.165) is 19.4 Å². The molecule has 1 aliphatic rings. The van der Waals surface area contributed by atoms with Crippen LogP contribution >= 0.6 is 0 Å². The molecule has 1 saturated heterocycles. The van der Waals surface area contributed by atoms with E-state index < -0.39 is 0 Å². The van der Waals surface area contributed by atoms with Gasteiger partial charge in [-0.3, -0.25) is 0 Å². The van der Waals surface area contributed by atoms with Crippen molar-refractivity contribution >= 4 is 0 Å². The van der Waals surface area contributed by atoms with E-state index in [1.54, 1.807) is 0 Å². The smallest absolute Gasteiger partial charge is 0.150 e. The molecule has 0 radical (unpaired) electrons. The van der Waals surface area contributed by atoms with E-state index in [4.69, 9.17) is 4.74 Å². The van der Waals surface area contributed by atoms with Crippen LogP contribution in [0.1, 0.15) is 44.9 Å². The molecule has 1 aromatic heterocycles. The molecule has 84 valence electrons. The minimum absolute atomic E-state index is 0.180. The van der Waals surface area contributed by atoms with Crippen molar-refractivity contribution < 1.29 is 4.74 Å². The maximum absolute atomic E-state index is 5.68. The Hall–Kier alpha value is -0.830. The van der Waals surface area contributed by atoms with Crippen LogP contribution in [0.25, 0.3) is 0 Å². The third kappa shape index (κ3) is 2.81. The molecule has 1 fully saturated rings. The summed E-state index contributed by atoms with van der Waals surface area (Å²) >= 11 is 0. The van der Waals surface area contributed by atoms with Gasteiger partial charge in [-0.15, -0.1) is 0 Å². The third-order valence-corrected chi connectivity index (χ3v) is 2.75. The standard InChI is InChI=1S/C12H20N2O/c1-10(2)7-11-8-13-14(9-11)12-5-3-4-6-15-12/h8-10,12H,3-7H2,1-2H3. The van der Waals surface area contributed by atoms with Crippen LogP contribution in [0.4, 0.5) is 0 Å². The second-order valence-corrected chi connectivity index (χ2v) is 4.75. The number of hydrogen-bond acceptors (Lipinski definition) is 2. The minimum atomic E-state index is 0.180. The topological polar surface area (TPSA) is 27.1 Å². The zero-order valence-electron chi connectivity index (χ0n) is 9.65. The zero-order chi connectivity index (χ0) is 10.7. The second kappa shape index (κ2) is 4.79. The van der Waals surface area contributed by atoms with E-state index in [1.807, 2.05) is 10.9 Å². The summed E-state index contributed by atoms with van der Waals surface area (Å²) in [6.45, 7) is 5.34. The SMILES string of the molecule is CC(C)Cc1cnn(C2CCCCO2)c1. The van der Waals surface area contributed by atoms with Crippen LogP contribution < -0.4 is 0 Å². The van der Waals surface area contributed by atoms with Gasteiger partial charge in [0, 0.05) is 12.8 Å². The number of hydrogen-bond donors (Lipinski definition) is 0. The van der Waals surface area contributed by atoms with Gasteiger partial charge in [0.1, 0.15) is 6.23 Å². The van der Waals surface area contributed by atoms with E-state index >= 15 is 0 Å². The molecule has 2 heterocycles. The van der Waals surface area contributed by atoms with Gasteiger partial charge in [-0.25, -0.2) is 4.68 Å². The van der Waals surface area contributed by atoms with Gasteiger partial charge in [0.25, 0.3) is 0 Å². The Morgan fingerprint density at radius 1 is 1.53 bits per heavy atom. The van der Waals surface area contributed by atoms with Gasteiger partial charge >= 0.3 is 0 Å². The molecule has 3 heteroatoms. The number of aromatic nitrogens is 2. The highest BCUT2D eigenvalue weighted by atomic mass is 16.5. The van der Waals surface area contributed by atoms with Crippen LogP contribution in [0.15, 0.2) is 12.4 Å². The lowest BCUT2D eigenvalue weighted by molar-refractivity contribution is -0.0395. The lowest BCUT2D eigenvalue weighted by atomic mass is 10.1. The quantitative estimate of drug-likeness (QED) is 0.763. The van der Waals surface area contributed by atoms with Crippen LogP contribution in [-0.2, 0) is 11.2 Å². The predicted molar refractivity (Wildman–Crippen MR) is 59.6 cm³/mol. The van der Waals surface area contributed by atoms with E-state index in [2.05, 4.69) is 25.1 Å². The largest absolute Gasteiger partial charge is 0.357 e. The summed E-state index contributed by atoms with van der Waals surface area (Å²) < 4.78 is 7.67. The summed E-state index contributed by atoms with van der Waals surface area (Å²) in [6, 6.07) is 0. The van der Waals surface area contributed by atoms with Crippen LogP contribution in [0.3, 0.4) is 0 Å². The molecule has 15 heavy (non-hydrogen) atoms.